The molecule has 152 valence electrons. The predicted octanol–water partition coefficient (Wildman–Crippen LogP) is 3.13. The minimum atomic E-state index is -0.871. The summed E-state index contributed by atoms with van der Waals surface area (Å²) in [5.41, 5.74) is 0. The van der Waals surface area contributed by atoms with Crippen molar-refractivity contribution in [1.82, 2.24) is 4.90 Å². The zero-order chi connectivity index (χ0) is 21.0. The average Bonchev–Trinajstić information content (AvgIpc) is 2.69. The van der Waals surface area contributed by atoms with Gasteiger partial charge in [0.15, 0.2) is 0 Å². The van der Waals surface area contributed by atoms with Crippen LogP contribution in [0, 0.1) is 5.92 Å². The van der Waals surface area contributed by atoms with Crippen molar-refractivity contribution in [3.63, 3.8) is 0 Å². The molecular formula is C21H21NO5S2. The molecule has 0 unspecified atom stereocenters. The summed E-state index contributed by atoms with van der Waals surface area (Å²) in [6, 6.07) is 13.5. The first-order chi connectivity index (χ1) is 13.9. The molecule has 1 aliphatic rings. The number of carbonyl (C=O) groups excluding carboxylic acids is 2. The van der Waals surface area contributed by atoms with Gasteiger partial charge in [-0.25, -0.2) is 0 Å². The number of hydrogen-bond acceptors (Lipinski definition) is 7. The Bertz CT molecular complexity index is 946. The fourth-order valence-electron chi connectivity index (χ4n) is 3.09. The Labute approximate surface area is 178 Å². The number of rotatable bonds is 7. The Hall–Kier alpha value is -2.42. The maximum atomic E-state index is 12.3. The van der Waals surface area contributed by atoms with Crippen molar-refractivity contribution in [3.8, 4) is 5.75 Å². The maximum Gasteiger partial charge on any atom is 0.325 e. The largest absolute Gasteiger partial charge is 0.460 e. The van der Waals surface area contributed by atoms with E-state index < -0.39 is 23.4 Å². The fraction of sp³-hybridized carbons (Fsp3) is 0.286. The molecule has 8 heteroatoms. The molecule has 3 rings (SSSR count). The smallest absolute Gasteiger partial charge is 0.325 e. The van der Waals surface area contributed by atoms with Crippen LogP contribution in [0.2, 0.25) is 0 Å². The maximum absolute atomic E-state index is 12.3. The van der Waals surface area contributed by atoms with E-state index >= 15 is 0 Å². The Morgan fingerprint density at radius 3 is 2.76 bits per heavy atom. The highest BCUT2D eigenvalue weighted by molar-refractivity contribution is 8.23. The number of thioether (sulfide) groups is 1. The number of aliphatic hydroxyl groups excluding tert-OH is 1. The second kappa shape index (κ2) is 9.39. The third kappa shape index (κ3) is 4.95. The third-order valence-corrected chi connectivity index (χ3v) is 5.94. The zero-order valence-corrected chi connectivity index (χ0v) is 17.4. The first-order valence-electron chi connectivity index (χ1n) is 9.03. The van der Waals surface area contributed by atoms with Crippen LogP contribution in [0.5, 0.6) is 5.75 Å². The number of carbonyl (C=O) groups is 2. The van der Waals surface area contributed by atoms with Gasteiger partial charge in [0.25, 0.3) is 0 Å². The van der Waals surface area contributed by atoms with E-state index in [1.807, 2.05) is 42.5 Å². The molecule has 0 aliphatic carbocycles. The minimum Gasteiger partial charge on any atom is -0.460 e. The monoisotopic (exact) mass is 431 g/mol. The molecule has 2 aromatic carbocycles. The van der Waals surface area contributed by atoms with Crippen molar-refractivity contribution in [1.29, 1.82) is 0 Å². The Kier molecular flexibility index (Phi) is 6.89. The number of likely N-dealkylation sites (tertiary alicyclic amines) is 1. The molecule has 0 radical (unpaired) electrons. The van der Waals surface area contributed by atoms with Crippen LogP contribution in [-0.2, 0) is 14.3 Å². The minimum absolute atomic E-state index is 0.0714. The molecule has 1 N–H and O–H groups in total. The molecule has 0 aromatic heterocycles. The molecule has 0 bridgehead atoms. The van der Waals surface area contributed by atoms with E-state index in [4.69, 9.17) is 21.7 Å². The van der Waals surface area contributed by atoms with Crippen molar-refractivity contribution in [3.05, 3.63) is 55.1 Å². The van der Waals surface area contributed by atoms with Crippen LogP contribution in [0.4, 0.5) is 0 Å². The molecule has 6 nitrogen and oxygen atoms in total. The normalized spacial score (nSPS) is 19.4. The van der Waals surface area contributed by atoms with Gasteiger partial charge in [-0.3, -0.25) is 9.59 Å². The van der Waals surface area contributed by atoms with Gasteiger partial charge in [-0.2, -0.15) is 0 Å². The number of fused-ring (bicyclic) bond motifs is 1. The van der Waals surface area contributed by atoms with Crippen LogP contribution in [-0.4, -0.2) is 50.9 Å². The number of hydrogen-bond donors (Lipinski definition) is 1. The van der Waals surface area contributed by atoms with Gasteiger partial charge in [-0.05, 0) is 42.0 Å². The summed E-state index contributed by atoms with van der Waals surface area (Å²) in [6.45, 7) is 4.87. The molecule has 1 heterocycles. The SMILES string of the molecule is C=CCOC(=O)CN1C(=O)[C@H]([C@@H](C)O)[C@H]1SC(=S)Oc1ccc2ccccc2c1. The van der Waals surface area contributed by atoms with Crippen LogP contribution < -0.4 is 4.74 Å². The lowest BCUT2D eigenvalue weighted by atomic mass is 9.93. The van der Waals surface area contributed by atoms with Crippen molar-refractivity contribution in [2.24, 2.45) is 5.92 Å². The van der Waals surface area contributed by atoms with Crippen molar-refractivity contribution in [2.75, 3.05) is 13.2 Å². The van der Waals surface area contributed by atoms with E-state index in [1.54, 1.807) is 0 Å². The highest BCUT2D eigenvalue weighted by Gasteiger charge is 2.51. The van der Waals surface area contributed by atoms with Gasteiger partial charge in [0, 0.05) is 0 Å². The molecule has 1 fully saturated rings. The molecule has 0 saturated carbocycles. The van der Waals surface area contributed by atoms with Crippen LogP contribution in [0.1, 0.15) is 6.92 Å². The van der Waals surface area contributed by atoms with Crippen LogP contribution in [0.15, 0.2) is 55.1 Å². The Morgan fingerprint density at radius 1 is 1.34 bits per heavy atom. The van der Waals surface area contributed by atoms with E-state index in [1.165, 1.54) is 17.9 Å². The van der Waals surface area contributed by atoms with Gasteiger partial charge >= 0.3 is 5.97 Å². The summed E-state index contributed by atoms with van der Waals surface area (Å²) >= 11 is 6.47. The summed E-state index contributed by atoms with van der Waals surface area (Å²) < 4.78 is 10.9. The van der Waals surface area contributed by atoms with Crippen LogP contribution in [0.25, 0.3) is 10.8 Å². The molecule has 3 atom stereocenters. The highest BCUT2D eigenvalue weighted by Crippen LogP contribution is 2.38. The number of benzene rings is 2. The first kappa shape index (κ1) is 21.3. The quantitative estimate of drug-likeness (QED) is 0.312. The van der Waals surface area contributed by atoms with Gasteiger partial charge in [-0.15, -0.1) is 0 Å². The van der Waals surface area contributed by atoms with E-state index in [-0.39, 0.29) is 23.4 Å². The molecule has 0 spiro atoms. The van der Waals surface area contributed by atoms with E-state index in [0.717, 1.165) is 22.5 Å². The fourth-order valence-corrected chi connectivity index (χ4v) is 4.62. The molecule has 2 aromatic rings. The van der Waals surface area contributed by atoms with E-state index in [2.05, 4.69) is 6.58 Å². The number of esters is 1. The number of β-lactam (4-membered cyclic amide) rings is 1. The number of ether oxygens (including phenoxy) is 2. The van der Waals surface area contributed by atoms with Crippen molar-refractivity contribution in [2.45, 2.75) is 18.4 Å². The van der Waals surface area contributed by atoms with Gasteiger partial charge < -0.3 is 19.5 Å². The summed E-state index contributed by atoms with van der Waals surface area (Å²) in [6.07, 6.45) is 0.580. The summed E-state index contributed by atoms with van der Waals surface area (Å²) in [5.74, 6) is -0.946. The summed E-state index contributed by atoms with van der Waals surface area (Å²) in [5, 5.41) is 11.5. The Balaban J connectivity index is 1.66. The molecular weight excluding hydrogens is 410 g/mol. The number of aliphatic hydroxyl groups is 1. The van der Waals surface area contributed by atoms with Crippen molar-refractivity contribution < 1.29 is 24.2 Å². The molecule has 29 heavy (non-hydrogen) atoms. The van der Waals surface area contributed by atoms with E-state index in [0.29, 0.717) is 5.75 Å². The average molecular weight is 432 g/mol. The number of thiocarbonyl (C=S) groups is 1. The molecule has 1 aliphatic heterocycles. The lowest BCUT2D eigenvalue weighted by molar-refractivity contribution is -0.164. The van der Waals surface area contributed by atoms with Crippen LogP contribution >= 0.6 is 24.0 Å². The summed E-state index contributed by atoms with van der Waals surface area (Å²) in [7, 11) is 0. The second-order valence-corrected chi connectivity index (χ2v) is 8.29. The van der Waals surface area contributed by atoms with Gasteiger partial charge in [0.2, 0.25) is 10.3 Å². The highest BCUT2D eigenvalue weighted by atomic mass is 32.2. The number of nitrogens with zero attached hydrogens (tertiary/aromatic N) is 1. The zero-order valence-electron chi connectivity index (χ0n) is 15.8. The lowest BCUT2D eigenvalue weighted by Crippen LogP contribution is -2.64. The Morgan fingerprint density at radius 2 is 2.07 bits per heavy atom. The second-order valence-electron chi connectivity index (χ2n) is 6.57. The lowest BCUT2D eigenvalue weighted by Gasteiger charge is -2.46. The third-order valence-electron chi connectivity index (χ3n) is 4.50. The van der Waals surface area contributed by atoms with Gasteiger partial charge in [0.1, 0.15) is 24.3 Å². The summed E-state index contributed by atoms with van der Waals surface area (Å²) in [4.78, 5) is 25.6. The molecule has 1 amide bonds. The first-order valence-corrected chi connectivity index (χ1v) is 10.3. The van der Waals surface area contributed by atoms with E-state index in [9.17, 15) is 14.7 Å². The van der Waals surface area contributed by atoms with Gasteiger partial charge in [-0.1, -0.05) is 54.7 Å². The standard InChI is InChI=1S/C21H21NO5S2/c1-3-10-26-17(24)12-22-19(25)18(13(2)23)20(22)29-21(28)27-16-9-8-14-6-4-5-7-15(14)11-16/h3-9,11,13,18,20,23H,1,10,12H2,2H3/t13-,18+,20-/m1/s1. The molecule has 1 saturated heterocycles. The topological polar surface area (TPSA) is 76.1 Å². The predicted molar refractivity (Wildman–Crippen MR) is 117 cm³/mol. The van der Waals surface area contributed by atoms with Crippen molar-refractivity contribution >= 4 is 51.0 Å². The van der Waals surface area contributed by atoms with Crippen LogP contribution in [0.3, 0.4) is 0 Å². The van der Waals surface area contributed by atoms with Gasteiger partial charge in [0.05, 0.1) is 12.0 Å². The number of amides is 1.